The fourth-order valence-corrected chi connectivity index (χ4v) is 3.39. The molecular weight excluding hydrogens is 262 g/mol. The second-order valence-corrected chi connectivity index (χ2v) is 5.87. The highest BCUT2D eigenvalue weighted by Gasteiger charge is 2.40. The number of nitrogens with one attached hydrogen (secondary N) is 1. The summed E-state index contributed by atoms with van der Waals surface area (Å²) in [6.45, 7) is 2.18. The number of para-hydroxylation sites is 1. The molecule has 20 heavy (non-hydrogen) atoms. The van der Waals surface area contributed by atoms with E-state index < -0.39 is 6.61 Å². The van der Waals surface area contributed by atoms with Crippen molar-refractivity contribution in [2.75, 3.05) is 26.2 Å². The molecule has 2 aliphatic heterocycles. The molecule has 0 amide bonds. The first-order valence-electron chi connectivity index (χ1n) is 7.13. The second-order valence-electron chi connectivity index (χ2n) is 5.87. The zero-order valence-electron chi connectivity index (χ0n) is 11.4. The molecule has 3 rings (SSSR count). The van der Waals surface area contributed by atoms with Crippen molar-refractivity contribution in [3.63, 3.8) is 0 Å². The Balaban J connectivity index is 1.66. The van der Waals surface area contributed by atoms with Gasteiger partial charge in [0.2, 0.25) is 0 Å². The Kier molecular flexibility index (Phi) is 3.89. The molecule has 5 heteroatoms. The number of hydrogen-bond donors (Lipinski definition) is 1. The van der Waals surface area contributed by atoms with E-state index in [1.54, 1.807) is 12.1 Å². The summed E-state index contributed by atoms with van der Waals surface area (Å²) in [4.78, 5) is 2.35. The summed E-state index contributed by atoms with van der Waals surface area (Å²) in [5.74, 6) is 0.299. The van der Waals surface area contributed by atoms with Crippen LogP contribution in [0.3, 0.4) is 0 Å². The zero-order valence-corrected chi connectivity index (χ0v) is 11.4. The maximum absolute atomic E-state index is 12.4. The predicted octanol–water partition coefficient (Wildman–Crippen LogP) is 2.47. The standard InChI is InChI=1S/C15H20F2N2O/c16-14(17)20-13-4-2-1-3-12(13)9-19-8-6-15(11-19)5-7-18-10-15/h1-4,14,18H,5-11H2. The summed E-state index contributed by atoms with van der Waals surface area (Å²) < 4.78 is 29.4. The molecule has 0 radical (unpaired) electrons. The number of benzene rings is 1. The Morgan fingerprint density at radius 3 is 2.90 bits per heavy atom. The summed E-state index contributed by atoms with van der Waals surface area (Å²) in [6, 6.07) is 7.09. The van der Waals surface area contributed by atoms with Gasteiger partial charge >= 0.3 is 6.61 Å². The number of nitrogens with zero attached hydrogens (tertiary/aromatic N) is 1. The van der Waals surface area contributed by atoms with Crippen molar-refractivity contribution in [1.29, 1.82) is 0 Å². The summed E-state index contributed by atoms with van der Waals surface area (Å²) in [6.07, 6.45) is 2.41. The summed E-state index contributed by atoms with van der Waals surface area (Å²) in [7, 11) is 0. The van der Waals surface area contributed by atoms with Gasteiger partial charge in [-0.05, 0) is 37.4 Å². The average molecular weight is 282 g/mol. The van der Waals surface area contributed by atoms with Gasteiger partial charge in [0.25, 0.3) is 0 Å². The highest BCUT2D eigenvalue weighted by atomic mass is 19.3. The van der Waals surface area contributed by atoms with Gasteiger partial charge in [-0.15, -0.1) is 0 Å². The maximum atomic E-state index is 12.4. The van der Waals surface area contributed by atoms with E-state index in [0.717, 1.165) is 31.7 Å². The van der Waals surface area contributed by atoms with Crippen molar-refractivity contribution >= 4 is 0 Å². The van der Waals surface area contributed by atoms with Crippen molar-refractivity contribution in [3.05, 3.63) is 29.8 Å². The second kappa shape index (κ2) is 5.66. The third kappa shape index (κ3) is 2.94. The first kappa shape index (κ1) is 13.8. The molecule has 2 heterocycles. The van der Waals surface area contributed by atoms with Gasteiger partial charge < -0.3 is 10.1 Å². The highest BCUT2D eigenvalue weighted by Crippen LogP contribution is 2.37. The summed E-state index contributed by atoms with van der Waals surface area (Å²) >= 11 is 0. The lowest BCUT2D eigenvalue weighted by Crippen LogP contribution is -2.29. The van der Waals surface area contributed by atoms with Crippen LogP contribution in [0.5, 0.6) is 5.75 Å². The largest absolute Gasteiger partial charge is 0.434 e. The van der Waals surface area contributed by atoms with Crippen LogP contribution in [0.4, 0.5) is 8.78 Å². The van der Waals surface area contributed by atoms with E-state index >= 15 is 0 Å². The van der Waals surface area contributed by atoms with Crippen LogP contribution in [0.1, 0.15) is 18.4 Å². The van der Waals surface area contributed by atoms with E-state index in [2.05, 4.69) is 15.0 Å². The van der Waals surface area contributed by atoms with Gasteiger partial charge in [0.05, 0.1) is 0 Å². The third-order valence-electron chi connectivity index (χ3n) is 4.43. The predicted molar refractivity (Wildman–Crippen MR) is 72.9 cm³/mol. The quantitative estimate of drug-likeness (QED) is 0.918. The molecule has 2 aliphatic rings. The van der Waals surface area contributed by atoms with Crippen LogP contribution in [-0.4, -0.2) is 37.7 Å². The Hall–Kier alpha value is -1.20. The van der Waals surface area contributed by atoms with Crippen molar-refractivity contribution < 1.29 is 13.5 Å². The van der Waals surface area contributed by atoms with Crippen LogP contribution >= 0.6 is 0 Å². The number of likely N-dealkylation sites (tertiary alicyclic amines) is 1. The van der Waals surface area contributed by atoms with Crippen molar-refractivity contribution in [2.24, 2.45) is 5.41 Å². The molecule has 1 spiro atoms. The average Bonchev–Trinajstić information content (AvgIpc) is 3.02. The molecule has 0 aromatic heterocycles. The SMILES string of the molecule is FC(F)Oc1ccccc1CN1CCC2(CCNC2)C1. The van der Waals surface area contributed by atoms with Gasteiger partial charge in [-0.25, -0.2) is 0 Å². The molecule has 1 unspecified atom stereocenters. The van der Waals surface area contributed by atoms with Gasteiger partial charge in [0, 0.05) is 25.2 Å². The molecule has 1 N–H and O–H groups in total. The van der Waals surface area contributed by atoms with Crippen LogP contribution in [0, 0.1) is 5.41 Å². The topological polar surface area (TPSA) is 24.5 Å². The zero-order chi connectivity index (χ0) is 14.0. The van der Waals surface area contributed by atoms with Gasteiger partial charge in [-0.1, -0.05) is 18.2 Å². The fourth-order valence-electron chi connectivity index (χ4n) is 3.39. The number of rotatable bonds is 4. The molecule has 110 valence electrons. The van der Waals surface area contributed by atoms with E-state index in [1.165, 1.54) is 12.8 Å². The Morgan fingerprint density at radius 2 is 2.15 bits per heavy atom. The van der Waals surface area contributed by atoms with Crippen LogP contribution in [0.25, 0.3) is 0 Å². The highest BCUT2D eigenvalue weighted by molar-refractivity contribution is 5.33. The van der Waals surface area contributed by atoms with E-state index in [4.69, 9.17) is 0 Å². The molecule has 2 fully saturated rings. The van der Waals surface area contributed by atoms with Crippen LogP contribution < -0.4 is 10.1 Å². The summed E-state index contributed by atoms with van der Waals surface area (Å²) in [5, 5.41) is 3.43. The van der Waals surface area contributed by atoms with Crippen LogP contribution in [-0.2, 0) is 6.54 Å². The normalized spacial score (nSPS) is 26.8. The molecule has 0 saturated carbocycles. The molecular formula is C15H20F2N2O. The van der Waals surface area contributed by atoms with Crippen molar-refractivity contribution in [1.82, 2.24) is 10.2 Å². The molecule has 2 saturated heterocycles. The fraction of sp³-hybridized carbons (Fsp3) is 0.600. The van der Waals surface area contributed by atoms with Gasteiger partial charge in [-0.2, -0.15) is 8.78 Å². The first-order valence-corrected chi connectivity index (χ1v) is 7.13. The van der Waals surface area contributed by atoms with Crippen molar-refractivity contribution in [3.8, 4) is 5.75 Å². The Bertz CT molecular complexity index is 461. The lowest BCUT2D eigenvalue weighted by molar-refractivity contribution is -0.0507. The number of halogens is 2. The van der Waals surface area contributed by atoms with Crippen LogP contribution in [0.15, 0.2) is 24.3 Å². The Morgan fingerprint density at radius 1 is 1.30 bits per heavy atom. The van der Waals surface area contributed by atoms with Gasteiger partial charge in [0.15, 0.2) is 0 Å². The smallest absolute Gasteiger partial charge is 0.387 e. The van der Waals surface area contributed by atoms with Gasteiger partial charge in [0.1, 0.15) is 5.75 Å². The molecule has 0 bridgehead atoms. The van der Waals surface area contributed by atoms with E-state index in [1.807, 2.05) is 12.1 Å². The lowest BCUT2D eigenvalue weighted by Gasteiger charge is -2.23. The van der Waals surface area contributed by atoms with E-state index in [-0.39, 0.29) is 0 Å². The lowest BCUT2D eigenvalue weighted by atomic mass is 9.86. The molecule has 0 aliphatic carbocycles. The van der Waals surface area contributed by atoms with Crippen LogP contribution in [0.2, 0.25) is 0 Å². The van der Waals surface area contributed by atoms with E-state index in [9.17, 15) is 8.78 Å². The van der Waals surface area contributed by atoms with E-state index in [0.29, 0.717) is 17.7 Å². The number of alkyl halides is 2. The molecule has 3 nitrogen and oxygen atoms in total. The van der Waals surface area contributed by atoms with Gasteiger partial charge in [-0.3, -0.25) is 4.90 Å². The minimum Gasteiger partial charge on any atom is -0.434 e. The number of ether oxygens (including phenoxy) is 1. The number of hydrogen-bond acceptors (Lipinski definition) is 3. The maximum Gasteiger partial charge on any atom is 0.387 e. The summed E-state index contributed by atoms with van der Waals surface area (Å²) in [5.41, 5.74) is 1.24. The first-order chi connectivity index (χ1) is 9.67. The Labute approximate surface area is 117 Å². The van der Waals surface area contributed by atoms with Crippen molar-refractivity contribution in [2.45, 2.75) is 26.0 Å². The third-order valence-corrected chi connectivity index (χ3v) is 4.43. The minimum atomic E-state index is -2.76. The molecule has 1 aromatic rings. The molecule has 1 atom stereocenters. The monoisotopic (exact) mass is 282 g/mol. The molecule has 1 aromatic carbocycles. The minimum absolute atomic E-state index is 0.299.